The van der Waals surface area contributed by atoms with E-state index in [1.54, 1.807) is 25.1 Å². The monoisotopic (exact) mass is 303 g/mol. The highest BCUT2D eigenvalue weighted by molar-refractivity contribution is 6.31. The Kier molecular flexibility index (Phi) is 3.31. The molecule has 0 saturated carbocycles. The molecule has 2 aromatic heterocycles. The lowest BCUT2D eigenvalue weighted by Gasteiger charge is -2.06. The van der Waals surface area contributed by atoms with Crippen LogP contribution in [-0.4, -0.2) is 26.9 Å². The molecule has 0 unspecified atom stereocenters. The largest absolute Gasteiger partial charge is 0.462 e. The Morgan fingerprint density at radius 3 is 2.95 bits per heavy atom. The van der Waals surface area contributed by atoms with Crippen LogP contribution < -0.4 is 5.56 Å². The highest BCUT2D eigenvalue weighted by Crippen LogP contribution is 2.20. The molecule has 0 N–H and O–H groups in total. The summed E-state index contributed by atoms with van der Waals surface area (Å²) in [7, 11) is 0. The van der Waals surface area contributed by atoms with Crippen molar-refractivity contribution in [2.45, 2.75) is 6.92 Å². The minimum absolute atomic E-state index is 0.127. The first-order valence-electron chi connectivity index (χ1n) is 6.24. The first-order chi connectivity index (χ1) is 10.1. The Bertz CT molecular complexity index is 920. The number of fused-ring (bicyclic) bond motifs is 3. The van der Waals surface area contributed by atoms with Crippen molar-refractivity contribution in [2.24, 2.45) is 0 Å². The number of aromatic nitrogens is 3. The van der Waals surface area contributed by atoms with E-state index in [-0.39, 0.29) is 12.2 Å². The van der Waals surface area contributed by atoms with Crippen molar-refractivity contribution in [2.75, 3.05) is 6.61 Å². The topological polar surface area (TPSA) is 73.6 Å². The van der Waals surface area contributed by atoms with Crippen LogP contribution in [0.5, 0.6) is 0 Å². The predicted molar refractivity (Wildman–Crippen MR) is 77.7 cm³/mol. The number of esters is 1. The fourth-order valence-electron chi connectivity index (χ4n) is 2.04. The molecule has 3 aromatic rings. The molecule has 1 aromatic carbocycles. The van der Waals surface area contributed by atoms with Crippen LogP contribution in [0, 0.1) is 0 Å². The lowest BCUT2D eigenvalue weighted by molar-refractivity contribution is 0.0523. The lowest BCUT2D eigenvalue weighted by Crippen LogP contribution is -2.24. The van der Waals surface area contributed by atoms with Crippen molar-refractivity contribution in [3.05, 3.63) is 51.7 Å². The van der Waals surface area contributed by atoms with Gasteiger partial charge in [-0.2, -0.15) is 0 Å². The summed E-state index contributed by atoms with van der Waals surface area (Å²) in [5.41, 5.74) is 0.404. The first kappa shape index (κ1) is 13.5. The highest BCUT2D eigenvalue weighted by atomic mass is 35.5. The first-order valence-corrected chi connectivity index (χ1v) is 6.62. The van der Waals surface area contributed by atoms with Crippen LogP contribution in [0.15, 0.2) is 35.5 Å². The van der Waals surface area contributed by atoms with Crippen LogP contribution in [0.25, 0.3) is 16.6 Å². The third kappa shape index (κ3) is 2.23. The van der Waals surface area contributed by atoms with Crippen molar-refractivity contribution in [1.82, 2.24) is 14.4 Å². The summed E-state index contributed by atoms with van der Waals surface area (Å²) < 4.78 is 6.04. The fourth-order valence-corrected chi connectivity index (χ4v) is 2.22. The molecule has 0 bridgehead atoms. The van der Waals surface area contributed by atoms with E-state index < -0.39 is 11.5 Å². The second kappa shape index (κ2) is 5.14. The number of nitrogens with zero attached hydrogens (tertiary/aromatic N) is 3. The number of halogens is 1. The van der Waals surface area contributed by atoms with Gasteiger partial charge in [0.1, 0.15) is 17.5 Å². The van der Waals surface area contributed by atoms with Gasteiger partial charge in [0.2, 0.25) is 0 Å². The number of benzene rings is 1. The van der Waals surface area contributed by atoms with Crippen molar-refractivity contribution in [3.8, 4) is 0 Å². The Hall–Kier alpha value is -2.47. The van der Waals surface area contributed by atoms with Crippen molar-refractivity contribution in [1.29, 1.82) is 0 Å². The number of hydrogen-bond donors (Lipinski definition) is 0. The van der Waals surface area contributed by atoms with Crippen molar-refractivity contribution >= 4 is 34.1 Å². The van der Waals surface area contributed by atoms with Gasteiger partial charge in [-0.3, -0.25) is 4.79 Å². The van der Waals surface area contributed by atoms with Gasteiger partial charge in [0, 0.05) is 16.6 Å². The zero-order chi connectivity index (χ0) is 15.0. The third-order valence-electron chi connectivity index (χ3n) is 3.00. The van der Waals surface area contributed by atoms with E-state index in [2.05, 4.69) is 9.97 Å². The van der Waals surface area contributed by atoms with E-state index >= 15 is 0 Å². The zero-order valence-electron chi connectivity index (χ0n) is 11.0. The van der Waals surface area contributed by atoms with Crippen LogP contribution in [0.1, 0.15) is 17.3 Å². The molecular formula is C14H10ClN3O3. The molecule has 106 valence electrons. The fraction of sp³-hybridized carbons (Fsp3) is 0.143. The van der Waals surface area contributed by atoms with Crippen LogP contribution in [0.3, 0.4) is 0 Å². The molecule has 7 heteroatoms. The minimum atomic E-state index is -0.699. The number of rotatable bonds is 2. The van der Waals surface area contributed by atoms with Gasteiger partial charge in [0.05, 0.1) is 12.1 Å². The van der Waals surface area contributed by atoms with Crippen molar-refractivity contribution < 1.29 is 9.53 Å². The summed E-state index contributed by atoms with van der Waals surface area (Å²) in [5.74, 6) is -0.699. The average molecular weight is 304 g/mol. The van der Waals surface area contributed by atoms with Gasteiger partial charge in [-0.1, -0.05) is 11.6 Å². The minimum Gasteiger partial charge on any atom is -0.462 e. The summed E-state index contributed by atoms with van der Waals surface area (Å²) in [4.78, 5) is 32.4. The van der Waals surface area contributed by atoms with Gasteiger partial charge in [-0.05, 0) is 25.1 Å². The maximum absolute atomic E-state index is 12.3. The lowest BCUT2D eigenvalue weighted by atomic mass is 10.2. The molecule has 0 fully saturated rings. The van der Waals surface area contributed by atoms with Crippen LogP contribution in [-0.2, 0) is 4.74 Å². The van der Waals surface area contributed by atoms with E-state index in [0.717, 1.165) is 0 Å². The number of hydrogen-bond acceptors (Lipinski definition) is 5. The molecule has 2 heterocycles. The van der Waals surface area contributed by atoms with E-state index in [1.807, 2.05) is 0 Å². The van der Waals surface area contributed by atoms with Gasteiger partial charge in [0.15, 0.2) is 0 Å². The van der Waals surface area contributed by atoms with Gasteiger partial charge in [-0.15, -0.1) is 0 Å². The molecule has 0 amide bonds. The Morgan fingerprint density at radius 1 is 1.38 bits per heavy atom. The predicted octanol–water partition coefficient (Wildman–Crippen LogP) is 2.07. The SMILES string of the molecule is CCOC(=O)c1cnc2c3cc(Cl)ccc3ncn2c1=O. The smallest absolute Gasteiger partial charge is 0.345 e. The summed E-state index contributed by atoms with van der Waals surface area (Å²) >= 11 is 5.96. The maximum Gasteiger partial charge on any atom is 0.345 e. The van der Waals surface area contributed by atoms with E-state index in [1.165, 1.54) is 16.9 Å². The van der Waals surface area contributed by atoms with Gasteiger partial charge in [-0.25, -0.2) is 19.2 Å². The molecule has 3 rings (SSSR count). The van der Waals surface area contributed by atoms with Gasteiger partial charge < -0.3 is 4.74 Å². The number of carbonyl (C=O) groups excluding carboxylic acids is 1. The van der Waals surface area contributed by atoms with Crippen molar-refractivity contribution in [3.63, 3.8) is 0 Å². The zero-order valence-corrected chi connectivity index (χ0v) is 11.8. The molecule has 6 nitrogen and oxygen atoms in total. The molecule has 0 radical (unpaired) electrons. The van der Waals surface area contributed by atoms with E-state index in [4.69, 9.17) is 16.3 Å². The average Bonchev–Trinajstić information content (AvgIpc) is 2.47. The Labute approximate surface area is 124 Å². The molecule has 21 heavy (non-hydrogen) atoms. The molecular weight excluding hydrogens is 294 g/mol. The Morgan fingerprint density at radius 2 is 2.19 bits per heavy atom. The summed E-state index contributed by atoms with van der Waals surface area (Å²) in [5, 5.41) is 1.15. The quantitative estimate of drug-likeness (QED) is 0.535. The van der Waals surface area contributed by atoms with Crippen LogP contribution in [0.2, 0.25) is 5.02 Å². The third-order valence-corrected chi connectivity index (χ3v) is 3.24. The summed E-state index contributed by atoms with van der Waals surface area (Å²) in [6.45, 7) is 1.85. The molecule has 0 aliphatic rings. The second-order valence-corrected chi connectivity index (χ2v) is 4.73. The van der Waals surface area contributed by atoms with Crippen LogP contribution >= 0.6 is 11.6 Å². The van der Waals surface area contributed by atoms with Gasteiger partial charge in [0.25, 0.3) is 5.56 Å². The summed E-state index contributed by atoms with van der Waals surface area (Å²) in [6.07, 6.45) is 2.56. The van der Waals surface area contributed by atoms with E-state index in [0.29, 0.717) is 21.6 Å². The van der Waals surface area contributed by atoms with Gasteiger partial charge >= 0.3 is 5.97 Å². The maximum atomic E-state index is 12.3. The molecule has 0 aliphatic heterocycles. The molecule has 0 spiro atoms. The highest BCUT2D eigenvalue weighted by Gasteiger charge is 2.15. The summed E-state index contributed by atoms with van der Waals surface area (Å²) in [6, 6.07) is 5.12. The number of ether oxygens (including phenoxy) is 1. The standard InChI is InChI=1S/C14H10ClN3O3/c1-2-21-14(20)10-6-16-12-9-5-8(15)3-4-11(9)17-7-18(12)13(10)19/h3-7H,2H2,1H3. The normalized spacial score (nSPS) is 11.0. The Balaban J connectivity index is 2.33. The molecule has 0 atom stereocenters. The van der Waals surface area contributed by atoms with Crippen LogP contribution in [0.4, 0.5) is 0 Å². The second-order valence-electron chi connectivity index (χ2n) is 4.30. The number of carbonyl (C=O) groups is 1. The molecule has 0 saturated heterocycles. The molecule has 0 aliphatic carbocycles. The van der Waals surface area contributed by atoms with E-state index in [9.17, 15) is 9.59 Å².